The Morgan fingerprint density at radius 3 is 2.38 bits per heavy atom. The maximum atomic E-state index is 4.37. The molecule has 0 spiro atoms. The fourth-order valence-corrected chi connectivity index (χ4v) is 1.49. The minimum Gasteiger partial charge on any atom is -0.256 e. The molecule has 0 radical (unpaired) electrons. The summed E-state index contributed by atoms with van der Waals surface area (Å²) < 4.78 is 0. The molecule has 2 heteroatoms. The van der Waals surface area contributed by atoms with Gasteiger partial charge in [0.05, 0.1) is 5.69 Å². The van der Waals surface area contributed by atoms with Gasteiger partial charge in [-0.1, -0.05) is 24.3 Å². The van der Waals surface area contributed by atoms with Crippen molar-refractivity contribution in [1.29, 1.82) is 0 Å². The molecule has 2 aromatic rings. The number of thiol groups is 1. The van der Waals surface area contributed by atoms with Crippen LogP contribution in [0.4, 0.5) is 0 Å². The highest BCUT2D eigenvalue weighted by Crippen LogP contribution is 2.23. The van der Waals surface area contributed by atoms with Crippen molar-refractivity contribution in [3.05, 3.63) is 48.7 Å². The van der Waals surface area contributed by atoms with E-state index in [1.54, 1.807) is 6.20 Å². The summed E-state index contributed by atoms with van der Waals surface area (Å²) in [4.78, 5) is 5.22. The summed E-state index contributed by atoms with van der Waals surface area (Å²) >= 11 is 4.37. The first-order valence-corrected chi connectivity index (χ1v) is 4.52. The molecule has 0 bridgehead atoms. The average Bonchev–Trinajstić information content (AvgIpc) is 2.20. The molecule has 2 rings (SSSR count). The van der Waals surface area contributed by atoms with E-state index >= 15 is 0 Å². The Morgan fingerprint density at radius 1 is 0.923 bits per heavy atom. The Labute approximate surface area is 82.9 Å². The van der Waals surface area contributed by atoms with Crippen molar-refractivity contribution in [1.82, 2.24) is 4.98 Å². The minimum atomic E-state index is 0.959. The number of hydrogen-bond acceptors (Lipinski definition) is 2. The van der Waals surface area contributed by atoms with Crippen LogP contribution < -0.4 is 0 Å². The lowest BCUT2D eigenvalue weighted by Gasteiger charge is -2.02. The van der Waals surface area contributed by atoms with E-state index in [2.05, 4.69) is 17.6 Å². The van der Waals surface area contributed by atoms with Gasteiger partial charge in [0.25, 0.3) is 0 Å². The molecule has 0 fully saturated rings. The topological polar surface area (TPSA) is 12.9 Å². The molecule has 64 valence electrons. The number of pyridine rings is 1. The predicted octanol–water partition coefficient (Wildman–Crippen LogP) is 3.04. The van der Waals surface area contributed by atoms with Crippen molar-refractivity contribution in [2.45, 2.75) is 4.90 Å². The second-order valence-electron chi connectivity index (χ2n) is 2.73. The fourth-order valence-electron chi connectivity index (χ4n) is 1.21. The molecule has 0 aliphatic heterocycles. The van der Waals surface area contributed by atoms with Crippen molar-refractivity contribution >= 4 is 12.6 Å². The van der Waals surface area contributed by atoms with Gasteiger partial charge in [-0.3, -0.25) is 4.98 Å². The highest BCUT2D eigenvalue weighted by molar-refractivity contribution is 7.80. The summed E-state index contributed by atoms with van der Waals surface area (Å²) in [5.41, 5.74) is 2.04. The van der Waals surface area contributed by atoms with Crippen molar-refractivity contribution in [2.75, 3.05) is 0 Å². The normalized spacial score (nSPS) is 9.92. The van der Waals surface area contributed by atoms with Crippen LogP contribution >= 0.6 is 12.6 Å². The smallest absolute Gasteiger partial charge is 0.0713 e. The van der Waals surface area contributed by atoms with Gasteiger partial charge in [-0.15, -0.1) is 12.6 Å². The van der Waals surface area contributed by atoms with Crippen LogP contribution in [0.3, 0.4) is 0 Å². The molecule has 0 aliphatic carbocycles. The van der Waals surface area contributed by atoms with Crippen molar-refractivity contribution in [3.63, 3.8) is 0 Å². The zero-order valence-electron chi connectivity index (χ0n) is 7.01. The number of rotatable bonds is 1. The van der Waals surface area contributed by atoms with Gasteiger partial charge in [-0.2, -0.15) is 0 Å². The van der Waals surface area contributed by atoms with Crippen LogP contribution in [0.1, 0.15) is 0 Å². The Morgan fingerprint density at radius 2 is 1.69 bits per heavy atom. The third-order valence-electron chi connectivity index (χ3n) is 1.84. The first-order valence-electron chi connectivity index (χ1n) is 4.07. The van der Waals surface area contributed by atoms with Gasteiger partial charge in [-0.25, -0.2) is 0 Å². The zero-order valence-corrected chi connectivity index (χ0v) is 7.91. The molecule has 0 aliphatic rings. The van der Waals surface area contributed by atoms with Gasteiger partial charge >= 0.3 is 0 Å². The van der Waals surface area contributed by atoms with E-state index in [-0.39, 0.29) is 0 Å². The molecule has 0 saturated heterocycles. The van der Waals surface area contributed by atoms with Crippen LogP contribution in [0.2, 0.25) is 0 Å². The maximum Gasteiger partial charge on any atom is 0.0713 e. The second kappa shape index (κ2) is 3.62. The van der Waals surface area contributed by atoms with E-state index < -0.39 is 0 Å². The highest BCUT2D eigenvalue weighted by atomic mass is 32.1. The maximum absolute atomic E-state index is 4.37. The van der Waals surface area contributed by atoms with Crippen LogP contribution in [0.25, 0.3) is 11.3 Å². The van der Waals surface area contributed by atoms with Gasteiger partial charge < -0.3 is 0 Å². The highest BCUT2D eigenvalue weighted by Gasteiger charge is 2.00. The number of hydrogen-bond donors (Lipinski definition) is 1. The monoisotopic (exact) mass is 187 g/mol. The molecule has 0 N–H and O–H groups in total. The van der Waals surface area contributed by atoms with Crippen molar-refractivity contribution in [3.8, 4) is 11.3 Å². The third-order valence-corrected chi connectivity index (χ3v) is 2.23. The molecule has 1 heterocycles. The Kier molecular flexibility index (Phi) is 2.32. The van der Waals surface area contributed by atoms with E-state index in [9.17, 15) is 0 Å². The Hall–Kier alpha value is -1.28. The lowest BCUT2D eigenvalue weighted by molar-refractivity contribution is 1.30. The predicted molar refractivity (Wildman–Crippen MR) is 56.9 cm³/mol. The Bertz CT molecular complexity index is 398. The van der Waals surface area contributed by atoms with E-state index in [4.69, 9.17) is 0 Å². The van der Waals surface area contributed by atoms with Gasteiger partial charge in [0, 0.05) is 16.7 Å². The van der Waals surface area contributed by atoms with Crippen LogP contribution in [-0.2, 0) is 0 Å². The zero-order chi connectivity index (χ0) is 9.10. The first kappa shape index (κ1) is 8.32. The molecule has 0 atom stereocenters. The summed E-state index contributed by atoms with van der Waals surface area (Å²) in [5.74, 6) is 0. The standard InChI is InChI=1S/C11H9NS/c13-11-7-2-1-5-9(11)10-6-3-4-8-12-10/h1-8,13H. The van der Waals surface area contributed by atoms with Crippen LogP contribution in [0, 0.1) is 0 Å². The minimum absolute atomic E-state index is 0.959. The van der Waals surface area contributed by atoms with Gasteiger partial charge in [-0.05, 0) is 18.2 Å². The molecule has 1 aromatic carbocycles. The largest absolute Gasteiger partial charge is 0.256 e. The summed E-state index contributed by atoms with van der Waals surface area (Å²) in [6, 6.07) is 13.8. The number of aromatic nitrogens is 1. The second-order valence-corrected chi connectivity index (χ2v) is 3.21. The van der Waals surface area contributed by atoms with Gasteiger partial charge in [0.1, 0.15) is 0 Å². The summed E-state index contributed by atoms with van der Waals surface area (Å²) in [7, 11) is 0. The average molecular weight is 187 g/mol. The van der Waals surface area contributed by atoms with Crippen LogP contribution in [0.15, 0.2) is 53.6 Å². The van der Waals surface area contributed by atoms with Crippen LogP contribution in [-0.4, -0.2) is 4.98 Å². The summed E-state index contributed by atoms with van der Waals surface area (Å²) in [6.07, 6.45) is 1.79. The lowest BCUT2D eigenvalue weighted by atomic mass is 10.1. The van der Waals surface area contributed by atoms with Gasteiger partial charge in [0.2, 0.25) is 0 Å². The van der Waals surface area contributed by atoms with E-state index in [1.165, 1.54) is 0 Å². The number of benzene rings is 1. The molecule has 13 heavy (non-hydrogen) atoms. The van der Waals surface area contributed by atoms with Crippen molar-refractivity contribution < 1.29 is 0 Å². The lowest BCUT2D eigenvalue weighted by Crippen LogP contribution is -1.82. The quantitative estimate of drug-likeness (QED) is 0.677. The van der Waals surface area contributed by atoms with E-state index in [1.807, 2.05) is 42.5 Å². The molecule has 0 unspecified atom stereocenters. The number of nitrogens with zero attached hydrogens (tertiary/aromatic N) is 1. The Balaban J connectivity index is 2.54. The molecule has 1 nitrogen and oxygen atoms in total. The molecular weight excluding hydrogens is 178 g/mol. The SMILES string of the molecule is Sc1ccccc1-c1ccccn1. The van der Waals surface area contributed by atoms with Crippen LogP contribution in [0.5, 0.6) is 0 Å². The van der Waals surface area contributed by atoms with E-state index in [0.717, 1.165) is 16.2 Å². The molecule has 0 amide bonds. The molecule has 0 saturated carbocycles. The summed E-state index contributed by atoms with van der Waals surface area (Å²) in [6.45, 7) is 0. The fraction of sp³-hybridized carbons (Fsp3) is 0. The molecular formula is C11H9NS. The van der Waals surface area contributed by atoms with E-state index in [0.29, 0.717) is 0 Å². The summed E-state index contributed by atoms with van der Waals surface area (Å²) in [5, 5.41) is 0. The van der Waals surface area contributed by atoms with Crippen molar-refractivity contribution in [2.24, 2.45) is 0 Å². The molecule has 1 aromatic heterocycles. The first-order chi connectivity index (χ1) is 6.38. The van der Waals surface area contributed by atoms with Gasteiger partial charge in [0.15, 0.2) is 0 Å². The third kappa shape index (κ3) is 1.73.